The lowest BCUT2D eigenvalue weighted by molar-refractivity contribution is -0.131. The van der Waals surface area contributed by atoms with Gasteiger partial charge in [-0.1, -0.05) is 34.8 Å². The van der Waals surface area contributed by atoms with Gasteiger partial charge < -0.3 is 21.3 Å². The Balaban J connectivity index is 1.53. The van der Waals surface area contributed by atoms with Gasteiger partial charge in [0.2, 0.25) is 11.8 Å². The number of benzene rings is 1. The van der Waals surface area contributed by atoms with Gasteiger partial charge in [-0.15, -0.1) is 16.4 Å². The third-order valence-electron chi connectivity index (χ3n) is 6.14. The lowest BCUT2D eigenvalue weighted by Gasteiger charge is -2.39. The molecule has 3 atom stereocenters. The van der Waals surface area contributed by atoms with E-state index in [2.05, 4.69) is 25.2 Å². The van der Waals surface area contributed by atoms with Crippen molar-refractivity contribution < 1.29 is 19.2 Å². The maximum absolute atomic E-state index is 13.5. The maximum atomic E-state index is 13.5. The highest BCUT2D eigenvalue weighted by molar-refractivity contribution is 7.09. The van der Waals surface area contributed by atoms with Crippen LogP contribution in [-0.4, -0.2) is 67.8 Å². The van der Waals surface area contributed by atoms with Crippen molar-refractivity contribution in [2.24, 2.45) is 5.73 Å². The van der Waals surface area contributed by atoms with Gasteiger partial charge in [-0.3, -0.25) is 19.2 Å². The quantitative estimate of drug-likeness (QED) is 0.386. The molecule has 1 aliphatic heterocycles. The highest BCUT2D eigenvalue weighted by Gasteiger charge is 2.39. The summed E-state index contributed by atoms with van der Waals surface area (Å²) in [5.41, 5.74) is 7.21. The number of aryl methyl sites for hydroxylation is 2. The van der Waals surface area contributed by atoms with Crippen LogP contribution in [0.3, 0.4) is 0 Å². The number of likely N-dealkylation sites (tertiary alicyclic amines) is 1. The third-order valence-corrected chi connectivity index (χ3v) is 7.74. The molecule has 0 aliphatic carbocycles. The molecule has 2 aromatic heterocycles. The highest BCUT2D eigenvalue weighted by Crippen LogP contribution is 2.23. The molecule has 1 aliphatic rings. The number of carbonyl (C=O) groups is 4. The molecule has 11 nitrogen and oxygen atoms in total. The first-order valence-electron chi connectivity index (χ1n) is 11.7. The van der Waals surface area contributed by atoms with Crippen LogP contribution < -0.4 is 16.4 Å². The van der Waals surface area contributed by atoms with Crippen molar-refractivity contribution in [2.75, 3.05) is 6.54 Å². The molecule has 1 fully saturated rings. The van der Waals surface area contributed by atoms with Crippen LogP contribution in [0.4, 0.5) is 0 Å². The van der Waals surface area contributed by atoms with Gasteiger partial charge in [-0.2, -0.15) is 0 Å². The van der Waals surface area contributed by atoms with Crippen molar-refractivity contribution in [3.8, 4) is 0 Å². The number of hydrogen-bond donors (Lipinski definition) is 3. The number of carbonyl (C=O) groups excluding carboxylic acids is 4. The summed E-state index contributed by atoms with van der Waals surface area (Å²) in [7, 11) is 0. The summed E-state index contributed by atoms with van der Waals surface area (Å²) < 4.78 is 3.80. The lowest BCUT2D eigenvalue weighted by Crippen LogP contribution is -2.59. The van der Waals surface area contributed by atoms with Crippen LogP contribution >= 0.6 is 22.9 Å². The molecule has 13 heteroatoms. The Morgan fingerprint density at radius 2 is 1.95 bits per heavy atom. The number of nitrogens with one attached hydrogen (secondary N) is 2. The number of primary amides is 1. The highest BCUT2D eigenvalue weighted by atomic mass is 32.1. The summed E-state index contributed by atoms with van der Waals surface area (Å²) in [6.07, 6.45) is 0.819. The Bertz CT molecular complexity index is 1290. The van der Waals surface area contributed by atoms with E-state index in [1.165, 1.54) is 16.2 Å². The Morgan fingerprint density at radius 1 is 1.19 bits per heavy atom. The second-order valence-electron chi connectivity index (χ2n) is 8.80. The molecule has 4 amide bonds. The fourth-order valence-electron chi connectivity index (χ4n) is 4.23. The maximum Gasteiger partial charge on any atom is 0.274 e. The van der Waals surface area contributed by atoms with E-state index in [4.69, 9.17) is 5.73 Å². The largest absolute Gasteiger partial charge is 0.368 e. The van der Waals surface area contributed by atoms with Gasteiger partial charge in [0.15, 0.2) is 0 Å². The number of hydrogen-bond acceptors (Lipinski definition) is 9. The van der Waals surface area contributed by atoms with Crippen molar-refractivity contribution in [3.63, 3.8) is 0 Å². The Hall–Kier alpha value is -3.71. The SMILES string of the molecule is Cc1nc(C(=O)N2CCC(NC(=O)c3snnc3C)CC2C(=O)NC(Cc2ccccc2)C(N)=O)cs1. The Kier molecular flexibility index (Phi) is 8.24. The average Bonchev–Trinajstić information content (AvgIpc) is 3.51. The molecule has 3 heterocycles. The van der Waals surface area contributed by atoms with Crippen molar-refractivity contribution in [1.82, 2.24) is 30.1 Å². The molecule has 0 radical (unpaired) electrons. The molecule has 1 aromatic carbocycles. The number of rotatable bonds is 8. The van der Waals surface area contributed by atoms with Crippen LogP contribution in [0.5, 0.6) is 0 Å². The van der Waals surface area contributed by atoms with Gasteiger partial charge in [0, 0.05) is 24.4 Å². The fourth-order valence-corrected chi connectivity index (χ4v) is 5.37. The van der Waals surface area contributed by atoms with Crippen LogP contribution in [-0.2, 0) is 16.0 Å². The summed E-state index contributed by atoms with van der Waals surface area (Å²) >= 11 is 2.34. The number of piperidine rings is 1. The van der Waals surface area contributed by atoms with Crippen molar-refractivity contribution in [1.29, 1.82) is 0 Å². The molecule has 37 heavy (non-hydrogen) atoms. The molecular formula is C24H27N7O4S2. The van der Waals surface area contributed by atoms with E-state index in [1.54, 1.807) is 19.2 Å². The summed E-state index contributed by atoms with van der Waals surface area (Å²) in [4.78, 5) is 57.9. The molecular weight excluding hydrogens is 514 g/mol. The summed E-state index contributed by atoms with van der Waals surface area (Å²) in [6, 6.07) is 6.91. The van der Waals surface area contributed by atoms with Crippen molar-refractivity contribution in [2.45, 2.75) is 51.2 Å². The first-order chi connectivity index (χ1) is 17.7. The van der Waals surface area contributed by atoms with E-state index in [-0.39, 0.29) is 42.9 Å². The van der Waals surface area contributed by atoms with Crippen LogP contribution in [0.25, 0.3) is 0 Å². The summed E-state index contributed by atoms with van der Waals surface area (Å²) in [5.74, 6) is -1.91. The Labute approximate surface area is 221 Å². The first kappa shape index (κ1) is 26.4. The zero-order valence-corrected chi connectivity index (χ0v) is 22.0. The molecule has 4 N–H and O–H groups in total. The van der Waals surface area contributed by atoms with E-state index >= 15 is 0 Å². The normalized spacial score (nSPS) is 18.2. The number of nitrogens with zero attached hydrogens (tertiary/aromatic N) is 4. The third kappa shape index (κ3) is 6.35. The summed E-state index contributed by atoms with van der Waals surface area (Å²) in [5, 5.41) is 11.9. The van der Waals surface area contributed by atoms with Crippen molar-refractivity contribution >= 4 is 46.5 Å². The van der Waals surface area contributed by atoms with Crippen LogP contribution in [0.15, 0.2) is 35.7 Å². The van der Waals surface area contributed by atoms with E-state index in [1.807, 2.05) is 30.3 Å². The lowest BCUT2D eigenvalue weighted by atomic mass is 9.95. The van der Waals surface area contributed by atoms with Crippen molar-refractivity contribution in [3.05, 3.63) is 62.5 Å². The smallest absolute Gasteiger partial charge is 0.274 e. The molecule has 0 saturated carbocycles. The van der Waals surface area contributed by atoms with E-state index in [9.17, 15) is 19.2 Å². The minimum absolute atomic E-state index is 0.161. The molecule has 194 valence electrons. The van der Waals surface area contributed by atoms with Crippen LogP contribution in [0, 0.1) is 13.8 Å². The minimum Gasteiger partial charge on any atom is -0.368 e. The molecule has 4 rings (SSSR count). The zero-order valence-electron chi connectivity index (χ0n) is 20.3. The molecule has 1 saturated heterocycles. The van der Waals surface area contributed by atoms with E-state index < -0.39 is 23.9 Å². The predicted molar refractivity (Wildman–Crippen MR) is 138 cm³/mol. The average molecular weight is 542 g/mol. The fraction of sp³-hybridized carbons (Fsp3) is 0.375. The standard InChI is InChI=1S/C24H27N7O4S2/c1-13-20(37-30-29-13)23(34)27-16-8-9-31(24(35)18-12-36-14(2)26-18)19(11-16)22(33)28-17(21(25)32)10-15-6-4-3-5-7-15/h3-7,12,16-17,19H,8-11H2,1-2H3,(H2,25,32)(H,27,34)(H,28,33). The number of nitrogens with two attached hydrogens (primary N) is 1. The van der Waals surface area contributed by atoms with Crippen LogP contribution in [0.2, 0.25) is 0 Å². The van der Waals surface area contributed by atoms with Gasteiger partial charge in [-0.25, -0.2) is 4.98 Å². The van der Waals surface area contributed by atoms with Gasteiger partial charge in [0.1, 0.15) is 22.7 Å². The minimum atomic E-state index is -0.964. The molecule has 0 bridgehead atoms. The second-order valence-corrected chi connectivity index (χ2v) is 10.6. The topological polar surface area (TPSA) is 160 Å². The van der Waals surface area contributed by atoms with E-state index in [0.29, 0.717) is 17.0 Å². The summed E-state index contributed by atoms with van der Waals surface area (Å²) in [6.45, 7) is 3.71. The zero-order chi connectivity index (χ0) is 26.5. The van der Waals surface area contributed by atoms with Crippen LogP contribution in [0.1, 0.15) is 49.3 Å². The van der Waals surface area contributed by atoms with E-state index in [0.717, 1.165) is 22.1 Å². The number of aromatic nitrogens is 3. The van der Waals surface area contributed by atoms with Gasteiger partial charge in [0.25, 0.3) is 11.8 Å². The molecule has 3 unspecified atom stereocenters. The number of amides is 4. The second kappa shape index (κ2) is 11.6. The molecule has 0 spiro atoms. The van der Waals surface area contributed by atoms with Gasteiger partial charge >= 0.3 is 0 Å². The number of thiazole rings is 1. The van der Waals surface area contributed by atoms with Gasteiger partial charge in [-0.05, 0) is 43.8 Å². The van der Waals surface area contributed by atoms with Gasteiger partial charge in [0.05, 0.1) is 10.7 Å². The predicted octanol–water partition coefficient (Wildman–Crippen LogP) is 1.23. The Morgan fingerprint density at radius 3 is 2.57 bits per heavy atom. The first-order valence-corrected chi connectivity index (χ1v) is 13.3. The monoisotopic (exact) mass is 541 g/mol. The molecule has 3 aromatic rings.